The third kappa shape index (κ3) is 6.38. The number of benzene rings is 1. The summed E-state index contributed by atoms with van der Waals surface area (Å²) in [5.74, 6) is 1.20. The van der Waals surface area contributed by atoms with Gasteiger partial charge in [-0.25, -0.2) is 14.2 Å². The highest BCUT2D eigenvalue weighted by Crippen LogP contribution is 2.25. The first-order valence-electron chi connectivity index (χ1n) is 8.54. The van der Waals surface area contributed by atoms with Crippen LogP contribution in [0.3, 0.4) is 0 Å². The molecule has 2 N–H and O–H groups in total. The van der Waals surface area contributed by atoms with Crippen LogP contribution in [0.2, 0.25) is 0 Å². The number of rotatable bonds is 8. The van der Waals surface area contributed by atoms with E-state index in [1.54, 1.807) is 18.2 Å². The summed E-state index contributed by atoms with van der Waals surface area (Å²) in [6, 6.07) is 5.22. The Bertz CT molecular complexity index is 777. The van der Waals surface area contributed by atoms with Crippen molar-refractivity contribution in [2.45, 2.75) is 40.0 Å². The van der Waals surface area contributed by atoms with Gasteiger partial charge in [0.15, 0.2) is 11.5 Å². The van der Waals surface area contributed by atoms with E-state index in [2.05, 4.69) is 31.1 Å². The molecule has 0 unspecified atom stereocenters. The number of amides is 1. The molecule has 1 aromatic carbocycles. The van der Waals surface area contributed by atoms with Crippen LogP contribution in [0.25, 0.3) is 11.1 Å². The summed E-state index contributed by atoms with van der Waals surface area (Å²) >= 11 is 0. The average molecular weight is 364 g/mol. The molecule has 2 aromatic rings. The molecule has 1 amide bonds. The van der Waals surface area contributed by atoms with Crippen LogP contribution < -0.4 is 10.1 Å². The number of ether oxygens (including phenoxy) is 1. The van der Waals surface area contributed by atoms with Crippen molar-refractivity contribution in [1.29, 1.82) is 0 Å². The van der Waals surface area contributed by atoms with E-state index >= 15 is 0 Å². The summed E-state index contributed by atoms with van der Waals surface area (Å²) in [6.45, 7) is 6.42. The van der Waals surface area contributed by atoms with Gasteiger partial charge in [0.1, 0.15) is 17.9 Å². The second-order valence-corrected chi connectivity index (χ2v) is 7.37. The van der Waals surface area contributed by atoms with E-state index in [0.717, 1.165) is 24.8 Å². The predicted molar refractivity (Wildman–Crippen MR) is 97.1 cm³/mol. The minimum atomic E-state index is -1.22. The first-order valence-corrected chi connectivity index (χ1v) is 8.54. The van der Waals surface area contributed by atoms with Crippen molar-refractivity contribution in [3.05, 3.63) is 36.0 Å². The molecule has 0 aliphatic heterocycles. The summed E-state index contributed by atoms with van der Waals surface area (Å²) in [7, 11) is 0. The second kappa shape index (κ2) is 8.69. The summed E-state index contributed by atoms with van der Waals surface area (Å²) in [6.07, 6.45) is 1.99. The SMILES string of the molecule is CC(C)(C)CCCc1nc2ccc(OC/C(=C/F)CNC(=O)O)cc2o1. The molecule has 26 heavy (non-hydrogen) atoms. The summed E-state index contributed by atoms with van der Waals surface area (Å²) in [5.41, 5.74) is 1.83. The molecule has 0 saturated carbocycles. The molecular weight excluding hydrogens is 339 g/mol. The minimum absolute atomic E-state index is 0.0607. The molecule has 0 fully saturated rings. The van der Waals surface area contributed by atoms with Gasteiger partial charge >= 0.3 is 6.09 Å². The second-order valence-electron chi connectivity index (χ2n) is 7.37. The van der Waals surface area contributed by atoms with Gasteiger partial charge in [-0.15, -0.1) is 0 Å². The van der Waals surface area contributed by atoms with E-state index < -0.39 is 6.09 Å². The van der Waals surface area contributed by atoms with E-state index in [1.807, 2.05) is 0 Å². The van der Waals surface area contributed by atoms with Gasteiger partial charge in [-0.2, -0.15) is 0 Å². The number of aromatic nitrogens is 1. The third-order valence-electron chi connectivity index (χ3n) is 3.77. The number of carbonyl (C=O) groups is 1. The topological polar surface area (TPSA) is 84.6 Å². The zero-order chi connectivity index (χ0) is 19.2. The minimum Gasteiger partial charge on any atom is -0.489 e. The Kier molecular flexibility index (Phi) is 6.60. The Labute approximate surface area is 152 Å². The van der Waals surface area contributed by atoms with Gasteiger partial charge < -0.3 is 19.6 Å². The number of nitrogens with one attached hydrogen (secondary N) is 1. The molecule has 1 aromatic heterocycles. The lowest BCUT2D eigenvalue weighted by Gasteiger charge is -2.16. The van der Waals surface area contributed by atoms with E-state index in [4.69, 9.17) is 14.3 Å². The highest BCUT2D eigenvalue weighted by atomic mass is 19.1. The molecule has 0 bridgehead atoms. The van der Waals surface area contributed by atoms with Crippen molar-refractivity contribution < 1.29 is 23.4 Å². The maximum atomic E-state index is 12.8. The fraction of sp³-hybridized carbons (Fsp3) is 0.474. The van der Waals surface area contributed by atoms with Crippen LogP contribution in [-0.2, 0) is 6.42 Å². The predicted octanol–water partition coefficient (Wildman–Crippen LogP) is 4.70. The zero-order valence-corrected chi connectivity index (χ0v) is 15.3. The third-order valence-corrected chi connectivity index (χ3v) is 3.77. The number of oxazole rings is 1. The van der Waals surface area contributed by atoms with Gasteiger partial charge in [0.2, 0.25) is 0 Å². The lowest BCUT2D eigenvalue weighted by atomic mass is 9.90. The van der Waals surface area contributed by atoms with Gasteiger partial charge in [-0.05, 0) is 30.4 Å². The molecular formula is C19H25FN2O4. The number of hydrogen-bond acceptors (Lipinski definition) is 4. The number of aryl methyl sites for hydroxylation is 1. The van der Waals surface area contributed by atoms with Crippen molar-refractivity contribution in [2.24, 2.45) is 5.41 Å². The van der Waals surface area contributed by atoms with Crippen LogP contribution in [0, 0.1) is 5.41 Å². The number of fused-ring (bicyclic) bond motifs is 1. The van der Waals surface area contributed by atoms with Crippen LogP contribution in [0.15, 0.2) is 34.5 Å². The van der Waals surface area contributed by atoms with Crippen molar-refractivity contribution >= 4 is 17.2 Å². The molecule has 0 aliphatic rings. The highest BCUT2D eigenvalue weighted by molar-refractivity contribution is 5.74. The van der Waals surface area contributed by atoms with Gasteiger partial charge in [0, 0.05) is 24.6 Å². The Morgan fingerprint density at radius 2 is 2.19 bits per heavy atom. The fourth-order valence-electron chi connectivity index (χ4n) is 2.41. The van der Waals surface area contributed by atoms with Gasteiger partial charge in [0.05, 0.1) is 6.33 Å². The van der Waals surface area contributed by atoms with E-state index in [1.165, 1.54) is 0 Å². The molecule has 0 radical (unpaired) electrons. The fourth-order valence-corrected chi connectivity index (χ4v) is 2.41. The van der Waals surface area contributed by atoms with Gasteiger partial charge in [-0.3, -0.25) is 0 Å². The summed E-state index contributed by atoms with van der Waals surface area (Å²) < 4.78 is 24.0. The van der Waals surface area contributed by atoms with Crippen LogP contribution in [0.4, 0.5) is 9.18 Å². The van der Waals surface area contributed by atoms with Crippen molar-refractivity contribution in [3.63, 3.8) is 0 Å². The maximum absolute atomic E-state index is 12.8. The smallest absolute Gasteiger partial charge is 0.404 e. The van der Waals surface area contributed by atoms with Crippen molar-refractivity contribution in [3.8, 4) is 5.75 Å². The van der Waals surface area contributed by atoms with E-state index in [9.17, 15) is 9.18 Å². The zero-order valence-electron chi connectivity index (χ0n) is 15.3. The van der Waals surface area contributed by atoms with E-state index in [0.29, 0.717) is 23.6 Å². The molecule has 0 saturated heterocycles. The Morgan fingerprint density at radius 3 is 2.85 bits per heavy atom. The standard InChI is InChI=1S/C19H25FN2O4/c1-19(2,3)8-4-5-17-22-15-7-6-14(9-16(15)26-17)25-12-13(10-20)11-21-18(23)24/h6-7,9-10,21H,4-5,8,11-12H2,1-3H3,(H,23,24)/b13-10+. The molecule has 0 atom stereocenters. The number of nitrogens with zero attached hydrogens (tertiary/aromatic N) is 1. The monoisotopic (exact) mass is 364 g/mol. The molecule has 6 nitrogen and oxygen atoms in total. The lowest BCUT2D eigenvalue weighted by Crippen LogP contribution is -2.25. The molecule has 2 rings (SSSR count). The quantitative estimate of drug-likeness (QED) is 0.709. The van der Waals surface area contributed by atoms with Crippen molar-refractivity contribution in [1.82, 2.24) is 10.3 Å². The number of carboxylic acid groups (broad SMARTS) is 1. The molecule has 0 spiro atoms. The van der Waals surface area contributed by atoms with Gasteiger partial charge in [-0.1, -0.05) is 20.8 Å². The summed E-state index contributed by atoms with van der Waals surface area (Å²) in [5, 5.41) is 10.6. The lowest BCUT2D eigenvalue weighted by molar-refractivity contribution is 0.195. The van der Waals surface area contributed by atoms with Crippen LogP contribution in [-0.4, -0.2) is 29.3 Å². The molecule has 7 heteroatoms. The number of halogens is 1. The Balaban J connectivity index is 1.94. The average Bonchev–Trinajstić information content (AvgIpc) is 2.95. The first-order chi connectivity index (χ1) is 12.3. The normalized spacial score (nSPS) is 12.4. The Hall–Kier alpha value is -2.57. The van der Waals surface area contributed by atoms with Crippen LogP contribution in [0.5, 0.6) is 5.75 Å². The highest BCUT2D eigenvalue weighted by Gasteiger charge is 2.12. The van der Waals surface area contributed by atoms with Crippen molar-refractivity contribution in [2.75, 3.05) is 13.2 Å². The number of hydrogen-bond donors (Lipinski definition) is 2. The molecule has 1 heterocycles. The molecule has 142 valence electrons. The van der Waals surface area contributed by atoms with Crippen LogP contribution in [0.1, 0.15) is 39.5 Å². The molecule has 0 aliphatic carbocycles. The Morgan fingerprint density at radius 1 is 1.42 bits per heavy atom. The van der Waals surface area contributed by atoms with Crippen LogP contribution >= 0.6 is 0 Å². The maximum Gasteiger partial charge on any atom is 0.404 e. The van der Waals surface area contributed by atoms with Gasteiger partial charge in [0.25, 0.3) is 0 Å². The first kappa shape index (κ1) is 19.8. The van der Waals surface area contributed by atoms with E-state index in [-0.39, 0.29) is 24.1 Å². The largest absolute Gasteiger partial charge is 0.489 e. The summed E-state index contributed by atoms with van der Waals surface area (Å²) in [4.78, 5) is 14.9.